The van der Waals surface area contributed by atoms with Gasteiger partial charge in [0.05, 0.1) is 26.3 Å². The summed E-state index contributed by atoms with van der Waals surface area (Å²) >= 11 is 15.4. The minimum absolute atomic E-state index is 0.134. The molecule has 0 spiro atoms. The molecule has 3 aromatic rings. The van der Waals surface area contributed by atoms with Crippen LogP contribution in [-0.4, -0.2) is 24.1 Å². The topological polar surface area (TPSA) is 79.8 Å². The van der Waals surface area contributed by atoms with Gasteiger partial charge in [0.25, 0.3) is 11.8 Å². The molecule has 1 unspecified atom stereocenters. The predicted molar refractivity (Wildman–Crippen MR) is 143 cm³/mol. The van der Waals surface area contributed by atoms with Crippen LogP contribution >= 0.6 is 39.1 Å². The number of halogens is 4. The van der Waals surface area contributed by atoms with Gasteiger partial charge in [-0.15, -0.1) is 0 Å². The van der Waals surface area contributed by atoms with Crippen LogP contribution in [0, 0.1) is 11.7 Å². The summed E-state index contributed by atoms with van der Waals surface area (Å²) in [7, 11) is 0. The number of hydrogen-bond donors (Lipinski definition) is 2. The molecule has 0 aliphatic heterocycles. The SMILES string of the molecule is CC(C)C(NC(=O)c1ccccc1F)C(=O)N/N=C/c1ccc(OCc2ccc(Cl)c(Cl)c2)c(Br)c1. The number of benzene rings is 3. The van der Waals surface area contributed by atoms with E-state index in [4.69, 9.17) is 27.9 Å². The molecule has 0 aliphatic carbocycles. The summed E-state index contributed by atoms with van der Waals surface area (Å²) in [6.45, 7) is 3.83. The second-order valence-electron chi connectivity index (χ2n) is 8.14. The van der Waals surface area contributed by atoms with Crippen LogP contribution in [0.1, 0.15) is 35.3 Å². The van der Waals surface area contributed by atoms with Crippen LogP contribution in [0.25, 0.3) is 0 Å². The number of hydrogen-bond acceptors (Lipinski definition) is 4. The van der Waals surface area contributed by atoms with Crippen LogP contribution in [-0.2, 0) is 11.4 Å². The van der Waals surface area contributed by atoms with Gasteiger partial charge in [-0.2, -0.15) is 5.10 Å². The van der Waals surface area contributed by atoms with E-state index in [0.29, 0.717) is 32.4 Å². The Labute approximate surface area is 227 Å². The zero-order valence-corrected chi connectivity index (χ0v) is 22.5. The van der Waals surface area contributed by atoms with E-state index in [-0.39, 0.29) is 11.5 Å². The summed E-state index contributed by atoms with van der Waals surface area (Å²) in [5, 5.41) is 7.49. The smallest absolute Gasteiger partial charge is 0.262 e. The lowest BCUT2D eigenvalue weighted by molar-refractivity contribution is -0.123. The van der Waals surface area contributed by atoms with Gasteiger partial charge in [-0.1, -0.05) is 55.2 Å². The molecule has 0 saturated carbocycles. The first kappa shape index (κ1) is 27.6. The Morgan fingerprint density at radius 3 is 2.50 bits per heavy atom. The highest BCUT2D eigenvalue weighted by Gasteiger charge is 2.25. The van der Waals surface area contributed by atoms with E-state index in [1.54, 1.807) is 50.2 Å². The molecule has 3 rings (SSSR count). The number of hydrazone groups is 1. The minimum atomic E-state index is -0.905. The third kappa shape index (κ3) is 7.53. The van der Waals surface area contributed by atoms with E-state index in [2.05, 4.69) is 31.8 Å². The summed E-state index contributed by atoms with van der Waals surface area (Å²) in [5.74, 6) is -1.50. The molecule has 3 aromatic carbocycles. The van der Waals surface area contributed by atoms with E-state index in [1.807, 2.05) is 6.07 Å². The van der Waals surface area contributed by atoms with Crippen molar-refractivity contribution in [3.8, 4) is 5.75 Å². The Kier molecular flexibility index (Phi) is 9.87. The first-order valence-corrected chi connectivity index (χ1v) is 12.4. The van der Waals surface area contributed by atoms with Gasteiger partial charge in [-0.25, -0.2) is 9.82 Å². The second-order valence-corrected chi connectivity index (χ2v) is 9.80. The number of nitrogens with zero attached hydrogens (tertiary/aromatic N) is 1. The fourth-order valence-corrected chi connectivity index (χ4v) is 3.98. The molecule has 10 heteroatoms. The Morgan fingerprint density at radius 2 is 1.83 bits per heavy atom. The summed E-state index contributed by atoms with van der Waals surface area (Å²) in [4.78, 5) is 25.1. The molecule has 0 radical (unpaired) electrons. The normalized spacial score (nSPS) is 12.0. The molecule has 36 heavy (non-hydrogen) atoms. The van der Waals surface area contributed by atoms with Crippen LogP contribution in [0.3, 0.4) is 0 Å². The highest BCUT2D eigenvalue weighted by molar-refractivity contribution is 9.10. The highest BCUT2D eigenvalue weighted by atomic mass is 79.9. The van der Waals surface area contributed by atoms with Crippen LogP contribution in [0.4, 0.5) is 4.39 Å². The van der Waals surface area contributed by atoms with E-state index in [0.717, 1.165) is 5.56 Å². The fraction of sp³-hybridized carbons (Fsp3) is 0.192. The Bertz CT molecular complexity index is 1290. The summed E-state index contributed by atoms with van der Waals surface area (Å²) in [6.07, 6.45) is 1.46. The van der Waals surface area contributed by atoms with E-state index in [9.17, 15) is 14.0 Å². The molecule has 0 bridgehead atoms. The summed E-state index contributed by atoms with van der Waals surface area (Å²) in [6, 6.07) is 15.3. The molecule has 2 amide bonds. The molecule has 188 valence electrons. The summed E-state index contributed by atoms with van der Waals surface area (Å²) < 4.78 is 20.4. The van der Waals surface area contributed by atoms with E-state index >= 15 is 0 Å². The lowest BCUT2D eigenvalue weighted by atomic mass is 10.0. The maximum Gasteiger partial charge on any atom is 0.262 e. The van der Waals surface area contributed by atoms with Crippen molar-refractivity contribution in [2.24, 2.45) is 11.0 Å². The van der Waals surface area contributed by atoms with Crippen molar-refractivity contribution < 1.29 is 18.7 Å². The van der Waals surface area contributed by atoms with Crippen molar-refractivity contribution in [2.45, 2.75) is 26.5 Å². The van der Waals surface area contributed by atoms with Crippen molar-refractivity contribution in [3.63, 3.8) is 0 Å². The zero-order valence-electron chi connectivity index (χ0n) is 19.4. The first-order valence-electron chi connectivity index (χ1n) is 10.9. The van der Waals surface area contributed by atoms with Gasteiger partial charge in [0, 0.05) is 0 Å². The molecule has 0 aliphatic rings. The third-order valence-corrected chi connectivity index (χ3v) is 6.44. The van der Waals surface area contributed by atoms with Crippen LogP contribution in [0.2, 0.25) is 10.0 Å². The van der Waals surface area contributed by atoms with E-state index < -0.39 is 23.7 Å². The standard InChI is InChI=1S/C26H23BrCl2FN3O3/c1-15(2)24(32-25(34)18-5-3-4-6-22(18)30)26(35)33-31-13-16-8-10-23(19(27)11-16)36-14-17-7-9-20(28)21(29)12-17/h3-13,15,24H,14H2,1-2H3,(H,32,34)(H,33,35)/b31-13+. The van der Waals surface area contributed by atoms with Gasteiger partial charge in [0.1, 0.15) is 24.2 Å². The number of amides is 2. The lowest BCUT2D eigenvalue weighted by Crippen LogP contribution is -2.48. The summed E-state index contributed by atoms with van der Waals surface area (Å²) in [5.41, 5.74) is 3.86. The molecule has 0 fully saturated rings. The van der Waals surface area contributed by atoms with Crippen molar-refractivity contribution >= 4 is 57.2 Å². The van der Waals surface area contributed by atoms with Crippen molar-refractivity contribution in [1.82, 2.24) is 10.7 Å². The molecule has 6 nitrogen and oxygen atoms in total. The number of nitrogens with one attached hydrogen (secondary N) is 2. The maximum atomic E-state index is 13.9. The largest absolute Gasteiger partial charge is 0.488 e. The molecule has 0 saturated heterocycles. The fourth-order valence-electron chi connectivity index (χ4n) is 3.14. The van der Waals surface area contributed by atoms with Gasteiger partial charge in [0.2, 0.25) is 0 Å². The van der Waals surface area contributed by atoms with Crippen LogP contribution in [0.5, 0.6) is 5.75 Å². The van der Waals surface area contributed by atoms with Gasteiger partial charge in [-0.3, -0.25) is 9.59 Å². The minimum Gasteiger partial charge on any atom is -0.488 e. The van der Waals surface area contributed by atoms with Gasteiger partial charge in [0.15, 0.2) is 0 Å². The number of rotatable bonds is 9. The lowest BCUT2D eigenvalue weighted by Gasteiger charge is -2.20. The zero-order chi connectivity index (χ0) is 26.2. The van der Waals surface area contributed by atoms with Crippen molar-refractivity contribution in [2.75, 3.05) is 0 Å². The van der Waals surface area contributed by atoms with Crippen LogP contribution in [0.15, 0.2) is 70.2 Å². The third-order valence-electron chi connectivity index (χ3n) is 5.08. The molecule has 0 aromatic heterocycles. The van der Waals surface area contributed by atoms with Crippen LogP contribution < -0.4 is 15.5 Å². The van der Waals surface area contributed by atoms with Gasteiger partial charge >= 0.3 is 0 Å². The Morgan fingerprint density at radius 1 is 1.08 bits per heavy atom. The molecular formula is C26H23BrCl2FN3O3. The van der Waals surface area contributed by atoms with Gasteiger partial charge < -0.3 is 10.1 Å². The molecule has 1 atom stereocenters. The molecule has 0 heterocycles. The van der Waals surface area contributed by atoms with Crippen molar-refractivity contribution in [3.05, 3.63) is 97.7 Å². The predicted octanol–water partition coefficient (Wildman–Crippen LogP) is 6.38. The second kappa shape index (κ2) is 12.9. The molecular weight excluding hydrogens is 572 g/mol. The number of carbonyl (C=O) groups excluding carboxylic acids is 2. The molecule has 2 N–H and O–H groups in total. The Balaban J connectivity index is 1.58. The quantitative estimate of drug-likeness (QED) is 0.223. The van der Waals surface area contributed by atoms with Crippen molar-refractivity contribution in [1.29, 1.82) is 0 Å². The van der Waals surface area contributed by atoms with E-state index in [1.165, 1.54) is 24.4 Å². The highest BCUT2D eigenvalue weighted by Crippen LogP contribution is 2.28. The number of carbonyl (C=O) groups is 2. The average molecular weight is 595 g/mol. The number of ether oxygens (including phenoxy) is 1. The average Bonchev–Trinajstić information content (AvgIpc) is 2.84. The Hall–Kier alpha value is -2.94. The van der Waals surface area contributed by atoms with Gasteiger partial charge in [-0.05, 0) is 75.4 Å². The maximum absolute atomic E-state index is 13.9. The first-order chi connectivity index (χ1) is 17.2. The monoisotopic (exact) mass is 593 g/mol.